The number of benzene rings is 1. The van der Waals surface area contributed by atoms with Crippen LogP contribution in [0.1, 0.15) is 22.5 Å². The van der Waals surface area contributed by atoms with Crippen molar-refractivity contribution in [1.82, 2.24) is 15.6 Å². The van der Waals surface area contributed by atoms with E-state index < -0.39 is 10.8 Å². The number of nitrogens with one attached hydrogen (secondary N) is 3. The van der Waals surface area contributed by atoms with Crippen LogP contribution in [0.25, 0.3) is 16.5 Å². The van der Waals surface area contributed by atoms with Crippen LogP contribution in [0.15, 0.2) is 28.9 Å². The summed E-state index contributed by atoms with van der Waals surface area (Å²) in [5.74, 6) is -0.903. The van der Waals surface area contributed by atoms with E-state index in [4.69, 9.17) is 5.73 Å². The summed E-state index contributed by atoms with van der Waals surface area (Å²) in [7, 11) is 0. The van der Waals surface area contributed by atoms with Crippen LogP contribution >= 0.6 is 0 Å². The minimum absolute atomic E-state index is 0.0246. The monoisotopic (exact) mass is 340 g/mol. The van der Waals surface area contributed by atoms with Crippen molar-refractivity contribution in [2.45, 2.75) is 6.42 Å². The van der Waals surface area contributed by atoms with Crippen LogP contribution in [0.5, 0.6) is 0 Å². The number of hydrogen-bond acceptors (Lipinski definition) is 6. The Labute approximate surface area is 139 Å². The fourth-order valence-electron chi connectivity index (χ4n) is 3.12. The van der Waals surface area contributed by atoms with E-state index in [9.17, 15) is 19.7 Å². The molecule has 25 heavy (non-hydrogen) atoms. The number of nitro groups is 1. The zero-order valence-electron chi connectivity index (χ0n) is 12.8. The van der Waals surface area contributed by atoms with E-state index in [2.05, 4.69) is 20.6 Å². The molecule has 126 valence electrons. The van der Waals surface area contributed by atoms with Gasteiger partial charge in [-0.15, -0.1) is 0 Å². The summed E-state index contributed by atoms with van der Waals surface area (Å²) in [6.07, 6.45) is 0.352. The summed E-state index contributed by atoms with van der Waals surface area (Å²) in [5.41, 5.74) is 7.44. The number of amides is 2. The molecule has 1 aromatic carbocycles. The number of aromatic nitrogens is 1. The van der Waals surface area contributed by atoms with Gasteiger partial charge in [0, 0.05) is 35.1 Å². The smallest absolute Gasteiger partial charge is 0.296 e. The van der Waals surface area contributed by atoms with Gasteiger partial charge >= 0.3 is 0 Å². The second-order valence-corrected chi connectivity index (χ2v) is 5.65. The van der Waals surface area contributed by atoms with Gasteiger partial charge in [0.2, 0.25) is 5.96 Å². The maximum Gasteiger partial charge on any atom is 0.296 e. The first-order chi connectivity index (χ1) is 12.0. The van der Waals surface area contributed by atoms with Crippen LogP contribution in [0, 0.1) is 10.1 Å². The number of nitrogens with two attached hydrogens (primary N) is 1. The number of rotatable bonds is 1. The van der Waals surface area contributed by atoms with Crippen LogP contribution < -0.4 is 16.4 Å². The SMILES string of the molecule is NC1=NC(=O)C(=C2CCNC(=O)c3[nH]c4ccc([N+](=O)[O-])cc4c32)N1. The molecule has 0 saturated carbocycles. The molecule has 4 rings (SSSR count). The number of aromatic amines is 1. The van der Waals surface area contributed by atoms with Gasteiger partial charge in [0.05, 0.1) is 4.92 Å². The molecule has 5 N–H and O–H groups in total. The van der Waals surface area contributed by atoms with Crippen molar-refractivity contribution in [3.8, 4) is 0 Å². The molecule has 2 aliphatic heterocycles. The van der Waals surface area contributed by atoms with Crippen molar-refractivity contribution in [3.05, 3.63) is 45.3 Å². The van der Waals surface area contributed by atoms with Crippen molar-refractivity contribution in [3.63, 3.8) is 0 Å². The number of carbonyl (C=O) groups is 2. The normalized spacial score (nSPS) is 19.9. The van der Waals surface area contributed by atoms with Gasteiger partial charge in [0.1, 0.15) is 11.4 Å². The highest BCUT2D eigenvalue weighted by Gasteiger charge is 2.30. The van der Waals surface area contributed by atoms with E-state index in [1.807, 2.05) is 0 Å². The Morgan fingerprint density at radius 3 is 2.76 bits per heavy atom. The van der Waals surface area contributed by atoms with Gasteiger partial charge in [-0.3, -0.25) is 19.7 Å². The molecular weight excluding hydrogens is 328 g/mol. The molecule has 1 aromatic heterocycles. The number of fused-ring (bicyclic) bond motifs is 3. The Morgan fingerprint density at radius 1 is 1.28 bits per heavy atom. The summed E-state index contributed by atoms with van der Waals surface area (Å²) < 4.78 is 0. The molecule has 10 nitrogen and oxygen atoms in total. The lowest BCUT2D eigenvalue weighted by molar-refractivity contribution is -0.384. The lowest BCUT2D eigenvalue weighted by atomic mass is 9.97. The molecule has 3 heterocycles. The molecule has 2 amide bonds. The number of carbonyl (C=O) groups excluding carboxylic acids is 2. The average molecular weight is 340 g/mol. The molecule has 0 saturated heterocycles. The molecule has 10 heteroatoms. The largest absolute Gasteiger partial charge is 0.369 e. The van der Waals surface area contributed by atoms with Crippen molar-refractivity contribution >= 4 is 39.9 Å². The zero-order chi connectivity index (χ0) is 17.7. The lowest BCUT2D eigenvalue weighted by Crippen LogP contribution is -2.26. The van der Waals surface area contributed by atoms with E-state index in [1.54, 1.807) is 0 Å². The molecule has 0 radical (unpaired) electrons. The Hall–Kier alpha value is -3.69. The van der Waals surface area contributed by atoms with E-state index in [1.165, 1.54) is 18.2 Å². The fourth-order valence-corrected chi connectivity index (χ4v) is 3.12. The first-order valence-electron chi connectivity index (χ1n) is 7.43. The molecule has 0 spiro atoms. The Kier molecular flexibility index (Phi) is 3.07. The van der Waals surface area contributed by atoms with E-state index in [-0.39, 0.29) is 28.9 Å². The predicted molar refractivity (Wildman–Crippen MR) is 88.6 cm³/mol. The summed E-state index contributed by atoms with van der Waals surface area (Å²) >= 11 is 0. The van der Waals surface area contributed by atoms with Gasteiger partial charge in [0.15, 0.2) is 0 Å². The van der Waals surface area contributed by atoms with Gasteiger partial charge in [-0.2, -0.15) is 4.99 Å². The summed E-state index contributed by atoms with van der Waals surface area (Å²) in [6.45, 7) is 0.311. The highest BCUT2D eigenvalue weighted by molar-refractivity contribution is 6.17. The highest BCUT2D eigenvalue weighted by Crippen LogP contribution is 2.36. The maximum atomic E-state index is 12.3. The standard InChI is InChI=1S/C15H12N6O4/c16-15-19-11(14(23)20-15)7-3-4-17-13(22)12-10(7)8-5-6(21(24)25)1-2-9(8)18-12/h1-2,5,18H,3-4H2,(H,17,22)(H3,16,19,20,23). The summed E-state index contributed by atoms with van der Waals surface area (Å²) in [4.78, 5) is 41.7. The molecular formula is C15H12N6O4. The van der Waals surface area contributed by atoms with Crippen LogP contribution in [0.2, 0.25) is 0 Å². The third kappa shape index (κ3) is 2.23. The van der Waals surface area contributed by atoms with E-state index in [0.29, 0.717) is 35.0 Å². The van der Waals surface area contributed by atoms with Crippen molar-refractivity contribution in [2.75, 3.05) is 6.54 Å². The Bertz CT molecular complexity index is 1030. The molecule has 0 aliphatic carbocycles. The molecule has 0 atom stereocenters. The quantitative estimate of drug-likeness (QED) is 0.334. The molecule has 2 aromatic rings. The predicted octanol–water partition coefficient (Wildman–Crippen LogP) is 0.365. The summed E-state index contributed by atoms with van der Waals surface area (Å²) in [5, 5.41) is 17.0. The fraction of sp³-hybridized carbons (Fsp3) is 0.133. The van der Waals surface area contributed by atoms with Gasteiger partial charge in [-0.05, 0) is 18.1 Å². The number of nitro benzene ring substituents is 1. The lowest BCUT2D eigenvalue weighted by Gasteiger charge is -2.08. The molecule has 0 unspecified atom stereocenters. The number of hydrogen-bond donors (Lipinski definition) is 4. The van der Waals surface area contributed by atoms with Crippen LogP contribution in [-0.4, -0.2) is 34.2 Å². The first-order valence-corrected chi connectivity index (χ1v) is 7.43. The van der Waals surface area contributed by atoms with Crippen LogP contribution in [0.3, 0.4) is 0 Å². The van der Waals surface area contributed by atoms with Crippen molar-refractivity contribution in [2.24, 2.45) is 10.7 Å². The van der Waals surface area contributed by atoms with Gasteiger partial charge in [-0.1, -0.05) is 0 Å². The number of non-ortho nitro benzene ring substituents is 1. The first kappa shape index (κ1) is 14.9. The summed E-state index contributed by atoms with van der Waals surface area (Å²) in [6, 6.07) is 4.27. The van der Waals surface area contributed by atoms with E-state index in [0.717, 1.165) is 0 Å². The molecule has 2 aliphatic rings. The molecule has 0 bridgehead atoms. The van der Waals surface area contributed by atoms with Gasteiger partial charge in [-0.25, -0.2) is 0 Å². The van der Waals surface area contributed by atoms with Crippen molar-refractivity contribution in [1.29, 1.82) is 0 Å². The molecule has 0 fully saturated rings. The Balaban J connectivity index is 2.04. The zero-order valence-corrected chi connectivity index (χ0v) is 12.8. The number of guanidine groups is 1. The van der Waals surface area contributed by atoms with Crippen LogP contribution in [-0.2, 0) is 4.79 Å². The second-order valence-electron chi connectivity index (χ2n) is 5.65. The third-order valence-electron chi connectivity index (χ3n) is 4.17. The highest BCUT2D eigenvalue weighted by atomic mass is 16.6. The Morgan fingerprint density at radius 2 is 2.08 bits per heavy atom. The number of nitrogens with zero attached hydrogens (tertiary/aromatic N) is 2. The van der Waals surface area contributed by atoms with Crippen molar-refractivity contribution < 1.29 is 14.5 Å². The topological polar surface area (TPSA) is 156 Å². The minimum Gasteiger partial charge on any atom is -0.369 e. The number of H-pyrrole nitrogens is 1. The minimum atomic E-state index is -0.535. The van der Waals surface area contributed by atoms with Crippen LogP contribution in [0.4, 0.5) is 5.69 Å². The van der Waals surface area contributed by atoms with Gasteiger partial charge in [0.25, 0.3) is 17.5 Å². The van der Waals surface area contributed by atoms with Gasteiger partial charge < -0.3 is 21.4 Å². The van der Waals surface area contributed by atoms with E-state index >= 15 is 0 Å². The number of aliphatic imine (C=N–C) groups is 1. The third-order valence-corrected chi connectivity index (χ3v) is 4.17. The average Bonchev–Trinajstić information content (AvgIpc) is 3.06. The second kappa shape index (κ2) is 5.16. The maximum absolute atomic E-state index is 12.3.